The number of amides is 1. The Balaban J connectivity index is 1.34. The SMILES string of the molecule is O=C(CCn1nnc2ccccc2c1=O)N1CCC[C@@H]1c1nc2ccccc2[nH]1. The smallest absolute Gasteiger partial charge is 0.277 e. The van der Waals surface area contributed by atoms with Crippen LogP contribution >= 0.6 is 0 Å². The second-order valence-electron chi connectivity index (χ2n) is 7.27. The van der Waals surface area contributed by atoms with Gasteiger partial charge in [0.05, 0.1) is 29.0 Å². The van der Waals surface area contributed by atoms with E-state index in [0.717, 1.165) is 29.7 Å². The summed E-state index contributed by atoms with van der Waals surface area (Å²) < 4.78 is 1.27. The molecule has 1 amide bonds. The molecule has 0 radical (unpaired) electrons. The van der Waals surface area contributed by atoms with Gasteiger partial charge in [0.15, 0.2) is 0 Å². The van der Waals surface area contributed by atoms with Gasteiger partial charge in [-0.1, -0.05) is 29.5 Å². The lowest BCUT2D eigenvalue weighted by atomic mass is 10.2. The summed E-state index contributed by atoms with van der Waals surface area (Å²) >= 11 is 0. The first-order valence-corrected chi connectivity index (χ1v) is 9.77. The van der Waals surface area contributed by atoms with Crippen molar-refractivity contribution in [3.05, 3.63) is 64.7 Å². The molecule has 146 valence electrons. The summed E-state index contributed by atoms with van der Waals surface area (Å²) in [6.07, 6.45) is 2.01. The number of benzene rings is 2. The van der Waals surface area contributed by atoms with E-state index in [1.807, 2.05) is 35.2 Å². The minimum Gasteiger partial charge on any atom is -0.340 e. The fraction of sp³-hybridized carbons (Fsp3) is 0.286. The molecule has 8 heteroatoms. The summed E-state index contributed by atoms with van der Waals surface area (Å²) in [5, 5.41) is 8.56. The number of nitrogens with one attached hydrogen (secondary N) is 1. The molecule has 0 bridgehead atoms. The fourth-order valence-electron chi connectivity index (χ4n) is 3.99. The van der Waals surface area contributed by atoms with Gasteiger partial charge in [-0.2, -0.15) is 0 Å². The van der Waals surface area contributed by atoms with Crippen LogP contribution in [0.5, 0.6) is 0 Å². The van der Waals surface area contributed by atoms with E-state index < -0.39 is 0 Å². The molecule has 4 aromatic rings. The van der Waals surface area contributed by atoms with Crippen LogP contribution in [0.2, 0.25) is 0 Å². The highest BCUT2D eigenvalue weighted by molar-refractivity contribution is 5.78. The third-order valence-electron chi connectivity index (χ3n) is 5.46. The summed E-state index contributed by atoms with van der Waals surface area (Å²) in [6.45, 7) is 0.900. The molecular formula is C21H20N6O2. The van der Waals surface area contributed by atoms with Crippen molar-refractivity contribution >= 4 is 27.8 Å². The molecule has 1 atom stereocenters. The van der Waals surface area contributed by atoms with Crippen molar-refractivity contribution in [2.45, 2.75) is 31.8 Å². The maximum Gasteiger partial charge on any atom is 0.277 e. The molecule has 0 aliphatic carbocycles. The number of carbonyl (C=O) groups excluding carboxylic acids is 1. The van der Waals surface area contributed by atoms with E-state index in [1.54, 1.807) is 18.2 Å². The first-order chi connectivity index (χ1) is 14.2. The van der Waals surface area contributed by atoms with Gasteiger partial charge >= 0.3 is 0 Å². The van der Waals surface area contributed by atoms with E-state index in [1.165, 1.54) is 4.68 Å². The number of aromatic amines is 1. The minimum absolute atomic E-state index is 0.00480. The van der Waals surface area contributed by atoms with E-state index in [4.69, 9.17) is 0 Å². The van der Waals surface area contributed by atoms with Gasteiger partial charge < -0.3 is 9.88 Å². The topological polar surface area (TPSA) is 96.8 Å². The van der Waals surface area contributed by atoms with Crippen LogP contribution in [-0.2, 0) is 11.3 Å². The fourth-order valence-corrected chi connectivity index (χ4v) is 3.99. The second-order valence-corrected chi connectivity index (χ2v) is 7.27. The van der Waals surface area contributed by atoms with Gasteiger partial charge in [-0.05, 0) is 37.1 Å². The number of fused-ring (bicyclic) bond motifs is 2. The molecule has 0 spiro atoms. The van der Waals surface area contributed by atoms with Crippen molar-refractivity contribution in [1.82, 2.24) is 29.9 Å². The van der Waals surface area contributed by atoms with Gasteiger partial charge in [0.2, 0.25) is 5.91 Å². The van der Waals surface area contributed by atoms with Gasteiger partial charge in [-0.15, -0.1) is 5.10 Å². The summed E-state index contributed by atoms with van der Waals surface area (Å²) in [6, 6.07) is 14.9. The van der Waals surface area contributed by atoms with Crippen LogP contribution < -0.4 is 5.56 Å². The van der Waals surface area contributed by atoms with Crippen molar-refractivity contribution in [2.75, 3.05) is 6.54 Å². The van der Waals surface area contributed by atoms with E-state index in [-0.39, 0.29) is 30.5 Å². The zero-order valence-corrected chi connectivity index (χ0v) is 15.8. The van der Waals surface area contributed by atoms with Crippen LogP contribution in [0.3, 0.4) is 0 Å². The summed E-state index contributed by atoms with van der Waals surface area (Å²) in [4.78, 5) is 35.3. The molecule has 1 N–H and O–H groups in total. The van der Waals surface area contributed by atoms with Crippen LogP contribution in [0.15, 0.2) is 53.3 Å². The van der Waals surface area contributed by atoms with Gasteiger partial charge in [0.25, 0.3) is 5.56 Å². The lowest BCUT2D eigenvalue weighted by Crippen LogP contribution is -2.33. The van der Waals surface area contributed by atoms with Gasteiger partial charge in [-0.25, -0.2) is 9.67 Å². The van der Waals surface area contributed by atoms with Crippen LogP contribution in [-0.4, -0.2) is 42.3 Å². The predicted molar refractivity (Wildman–Crippen MR) is 108 cm³/mol. The quantitative estimate of drug-likeness (QED) is 0.579. The van der Waals surface area contributed by atoms with E-state index >= 15 is 0 Å². The number of likely N-dealkylation sites (tertiary alicyclic amines) is 1. The zero-order chi connectivity index (χ0) is 19.8. The number of aryl methyl sites for hydroxylation is 1. The molecular weight excluding hydrogens is 368 g/mol. The molecule has 0 saturated carbocycles. The first-order valence-electron chi connectivity index (χ1n) is 9.77. The van der Waals surface area contributed by atoms with Crippen LogP contribution in [0.1, 0.15) is 31.1 Å². The van der Waals surface area contributed by atoms with Crippen molar-refractivity contribution in [3.63, 3.8) is 0 Å². The molecule has 0 unspecified atom stereocenters. The Labute approximate surface area is 166 Å². The van der Waals surface area contributed by atoms with Crippen LogP contribution in [0.25, 0.3) is 21.9 Å². The average molecular weight is 388 g/mol. The number of aromatic nitrogens is 5. The molecule has 3 heterocycles. The Kier molecular flexibility index (Phi) is 4.31. The molecule has 29 heavy (non-hydrogen) atoms. The van der Waals surface area contributed by atoms with E-state index in [0.29, 0.717) is 17.4 Å². The third-order valence-corrected chi connectivity index (χ3v) is 5.46. The van der Waals surface area contributed by atoms with Gasteiger partial charge in [0.1, 0.15) is 11.3 Å². The zero-order valence-electron chi connectivity index (χ0n) is 15.8. The number of carbonyl (C=O) groups is 1. The molecule has 8 nitrogen and oxygen atoms in total. The number of nitrogens with zero attached hydrogens (tertiary/aromatic N) is 5. The highest BCUT2D eigenvalue weighted by atomic mass is 16.2. The molecule has 1 aliphatic rings. The number of rotatable bonds is 4. The lowest BCUT2D eigenvalue weighted by Gasteiger charge is -2.23. The van der Waals surface area contributed by atoms with Crippen molar-refractivity contribution in [2.24, 2.45) is 0 Å². The average Bonchev–Trinajstić information content (AvgIpc) is 3.40. The predicted octanol–water partition coefficient (Wildman–Crippen LogP) is 2.42. The van der Waals surface area contributed by atoms with Crippen molar-refractivity contribution in [1.29, 1.82) is 0 Å². The normalized spacial score (nSPS) is 16.7. The Morgan fingerprint density at radius 1 is 1.10 bits per heavy atom. The standard InChI is InChI=1S/C21H20N6O2/c28-19(11-13-27-21(29)14-6-1-2-7-15(14)24-25-27)26-12-5-10-18(26)20-22-16-8-3-4-9-17(16)23-20/h1-4,6-9,18H,5,10-13H2,(H,22,23)/t18-/m1/s1. The molecule has 2 aromatic heterocycles. The third kappa shape index (κ3) is 3.16. The largest absolute Gasteiger partial charge is 0.340 e. The Hall–Kier alpha value is -3.55. The first kappa shape index (κ1) is 17.5. The monoisotopic (exact) mass is 388 g/mol. The Morgan fingerprint density at radius 2 is 1.90 bits per heavy atom. The number of hydrogen-bond acceptors (Lipinski definition) is 5. The molecule has 5 rings (SSSR count). The molecule has 1 fully saturated rings. The Bertz CT molecular complexity index is 1230. The summed E-state index contributed by atoms with van der Waals surface area (Å²) in [7, 11) is 0. The molecule has 2 aromatic carbocycles. The summed E-state index contributed by atoms with van der Waals surface area (Å²) in [5.74, 6) is 0.814. The minimum atomic E-state index is -0.223. The highest BCUT2D eigenvalue weighted by Gasteiger charge is 2.31. The van der Waals surface area contributed by atoms with Gasteiger partial charge in [0, 0.05) is 13.0 Å². The van der Waals surface area contributed by atoms with Crippen LogP contribution in [0.4, 0.5) is 0 Å². The maximum atomic E-state index is 12.9. The number of hydrogen-bond donors (Lipinski definition) is 1. The van der Waals surface area contributed by atoms with Crippen LogP contribution in [0, 0.1) is 0 Å². The van der Waals surface area contributed by atoms with E-state index in [2.05, 4.69) is 20.3 Å². The highest BCUT2D eigenvalue weighted by Crippen LogP contribution is 2.31. The summed E-state index contributed by atoms with van der Waals surface area (Å²) in [5.41, 5.74) is 2.21. The van der Waals surface area contributed by atoms with E-state index in [9.17, 15) is 9.59 Å². The maximum absolute atomic E-state index is 12.9. The van der Waals surface area contributed by atoms with Crippen molar-refractivity contribution in [3.8, 4) is 0 Å². The molecule has 1 saturated heterocycles. The Morgan fingerprint density at radius 3 is 2.76 bits per heavy atom. The van der Waals surface area contributed by atoms with Crippen molar-refractivity contribution < 1.29 is 4.79 Å². The second kappa shape index (κ2) is 7.12. The number of para-hydroxylation sites is 2. The number of H-pyrrole nitrogens is 1. The lowest BCUT2D eigenvalue weighted by molar-refractivity contribution is -0.132. The number of imidazole rings is 1. The van der Waals surface area contributed by atoms with Gasteiger partial charge in [-0.3, -0.25) is 9.59 Å². The molecule has 1 aliphatic heterocycles.